The number of rotatable bonds is 5. The Labute approximate surface area is 120 Å². The van der Waals surface area contributed by atoms with Gasteiger partial charge in [0.1, 0.15) is 0 Å². The van der Waals surface area contributed by atoms with Gasteiger partial charge in [-0.15, -0.1) is 11.3 Å². The first kappa shape index (κ1) is 14.3. The van der Waals surface area contributed by atoms with Crippen LogP contribution < -0.4 is 5.32 Å². The highest BCUT2D eigenvalue weighted by molar-refractivity contribution is 7.11. The molecule has 0 saturated carbocycles. The second-order valence-electron chi connectivity index (χ2n) is 5.06. The van der Waals surface area contributed by atoms with Gasteiger partial charge < -0.3 is 5.32 Å². The van der Waals surface area contributed by atoms with E-state index in [1.807, 2.05) is 11.3 Å². The van der Waals surface area contributed by atoms with Gasteiger partial charge in [-0.3, -0.25) is 0 Å². The molecule has 0 amide bonds. The van der Waals surface area contributed by atoms with Crippen LogP contribution in [0.1, 0.15) is 39.4 Å². The highest BCUT2D eigenvalue weighted by Crippen LogP contribution is 2.26. The summed E-state index contributed by atoms with van der Waals surface area (Å²) in [4.78, 5) is 2.95. The molecule has 19 heavy (non-hydrogen) atoms. The first-order valence-corrected chi connectivity index (χ1v) is 7.78. The van der Waals surface area contributed by atoms with E-state index in [0.29, 0.717) is 6.04 Å². The average Bonchev–Trinajstić information content (AvgIpc) is 2.87. The van der Waals surface area contributed by atoms with Crippen molar-refractivity contribution in [2.24, 2.45) is 0 Å². The summed E-state index contributed by atoms with van der Waals surface area (Å²) in [5.41, 5.74) is 4.21. The summed E-state index contributed by atoms with van der Waals surface area (Å²) in [5.74, 6) is 0. The molecular formula is C17H23NS. The number of hydrogen-bond acceptors (Lipinski definition) is 2. The van der Waals surface area contributed by atoms with E-state index in [4.69, 9.17) is 0 Å². The minimum Gasteiger partial charge on any atom is -0.313 e. The summed E-state index contributed by atoms with van der Waals surface area (Å²) < 4.78 is 0. The van der Waals surface area contributed by atoms with Crippen molar-refractivity contribution in [1.29, 1.82) is 0 Å². The average molecular weight is 273 g/mol. The van der Waals surface area contributed by atoms with E-state index < -0.39 is 0 Å². The molecule has 0 aliphatic heterocycles. The Hall–Kier alpha value is -1.12. The Bertz CT molecular complexity index is 542. The first-order chi connectivity index (χ1) is 9.15. The van der Waals surface area contributed by atoms with Gasteiger partial charge in [0.2, 0.25) is 0 Å². The monoisotopic (exact) mass is 273 g/mol. The van der Waals surface area contributed by atoms with Crippen molar-refractivity contribution >= 4 is 11.3 Å². The topological polar surface area (TPSA) is 12.0 Å². The smallest absolute Gasteiger partial charge is 0.0369 e. The van der Waals surface area contributed by atoms with E-state index in [0.717, 1.165) is 12.8 Å². The van der Waals surface area contributed by atoms with Gasteiger partial charge in [0.05, 0.1) is 0 Å². The molecule has 1 unspecified atom stereocenters. The predicted molar refractivity (Wildman–Crippen MR) is 85.1 cm³/mol. The Kier molecular flexibility index (Phi) is 4.78. The quantitative estimate of drug-likeness (QED) is 0.849. The zero-order valence-corrected chi connectivity index (χ0v) is 13.1. The lowest BCUT2D eigenvalue weighted by Crippen LogP contribution is -2.19. The van der Waals surface area contributed by atoms with Crippen molar-refractivity contribution in [3.63, 3.8) is 0 Å². The summed E-state index contributed by atoms with van der Waals surface area (Å²) in [7, 11) is 2.06. The summed E-state index contributed by atoms with van der Waals surface area (Å²) in [6.07, 6.45) is 2.21. The third kappa shape index (κ3) is 3.26. The molecule has 1 heterocycles. The van der Waals surface area contributed by atoms with Crippen LogP contribution in [0.25, 0.3) is 0 Å². The fourth-order valence-electron chi connectivity index (χ4n) is 2.44. The molecule has 1 aromatic carbocycles. The van der Waals surface area contributed by atoms with Crippen LogP contribution in [0.3, 0.4) is 0 Å². The van der Waals surface area contributed by atoms with Gasteiger partial charge in [-0.1, -0.05) is 25.1 Å². The van der Waals surface area contributed by atoms with Crippen molar-refractivity contribution in [3.05, 3.63) is 56.8 Å². The molecular weight excluding hydrogens is 250 g/mol. The van der Waals surface area contributed by atoms with Crippen molar-refractivity contribution < 1.29 is 0 Å². The van der Waals surface area contributed by atoms with E-state index in [1.165, 1.54) is 26.4 Å². The van der Waals surface area contributed by atoms with Crippen LogP contribution in [0, 0.1) is 13.8 Å². The van der Waals surface area contributed by atoms with Crippen molar-refractivity contribution in [2.75, 3.05) is 7.05 Å². The molecule has 0 bridgehead atoms. The fraction of sp³-hybridized carbons (Fsp3) is 0.412. The molecule has 1 N–H and O–H groups in total. The summed E-state index contributed by atoms with van der Waals surface area (Å²) in [5, 5.41) is 3.47. The van der Waals surface area contributed by atoms with Gasteiger partial charge in [-0.2, -0.15) is 0 Å². The van der Waals surface area contributed by atoms with Gasteiger partial charge in [-0.05, 0) is 56.1 Å². The number of hydrogen-bond donors (Lipinski definition) is 1. The zero-order valence-electron chi connectivity index (χ0n) is 12.3. The van der Waals surface area contributed by atoms with Crippen molar-refractivity contribution in [2.45, 2.75) is 39.7 Å². The molecule has 2 rings (SSSR count). The van der Waals surface area contributed by atoms with Gasteiger partial charge in [0.25, 0.3) is 0 Å². The van der Waals surface area contributed by atoms with Crippen LogP contribution in [0.5, 0.6) is 0 Å². The molecule has 0 saturated heterocycles. The minimum atomic E-state index is 0.406. The van der Waals surface area contributed by atoms with E-state index in [9.17, 15) is 0 Å². The Morgan fingerprint density at radius 3 is 2.47 bits per heavy atom. The summed E-state index contributed by atoms with van der Waals surface area (Å²) in [6.45, 7) is 6.63. The number of thiophene rings is 1. The van der Waals surface area contributed by atoms with Crippen LogP contribution in [0.4, 0.5) is 0 Å². The van der Waals surface area contributed by atoms with Gasteiger partial charge in [0, 0.05) is 22.2 Å². The summed E-state index contributed by atoms with van der Waals surface area (Å²) >= 11 is 1.94. The summed E-state index contributed by atoms with van der Waals surface area (Å²) in [6, 6.07) is 11.5. The van der Waals surface area contributed by atoms with E-state index >= 15 is 0 Å². The van der Waals surface area contributed by atoms with Crippen LogP contribution >= 0.6 is 11.3 Å². The molecule has 0 aliphatic rings. The molecule has 0 fully saturated rings. The standard InChI is InChI=1S/C17H23NS/c1-5-14-9-10-15(19-14)11-17(18-4)16-8-6-7-12(2)13(16)3/h6-10,17-18H,5,11H2,1-4H3. The molecule has 1 atom stereocenters. The highest BCUT2D eigenvalue weighted by atomic mass is 32.1. The zero-order chi connectivity index (χ0) is 13.8. The maximum Gasteiger partial charge on any atom is 0.0369 e. The lowest BCUT2D eigenvalue weighted by Gasteiger charge is -2.19. The lowest BCUT2D eigenvalue weighted by molar-refractivity contribution is 0.593. The van der Waals surface area contributed by atoms with E-state index in [1.54, 1.807) is 0 Å². The maximum atomic E-state index is 3.47. The van der Waals surface area contributed by atoms with Crippen LogP contribution in [0.15, 0.2) is 30.3 Å². The Morgan fingerprint density at radius 2 is 1.84 bits per heavy atom. The molecule has 102 valence electrons. The molecule has 2 aromatic rings. The van der Waals surface area contributed by atoms with Crippen molar-refractivity contribution in [1.82, 2.24) is 5.32 Å². The van der Waals surface area contributed by atoms with E-state index in [2.05, 4.69) is 63.5 Å². The van der Waals surface area contributed by atoms with Crippen LogP contribution in [-0.4, -0.2) is 7.05 Å². The normalized spacial score (nSPS) is 12.6. The Balaban J connectivity index is 2.22. The number of nitrogens with one attached hydrogen (secondary N) is 1. The second-order valence-corrected chi connectivity index (χ2v) is 6.31. The SMILES string of the molecule is CCc1ccc(CC(NC)c2cccc(C)c2C)s1. The molecule has 2 heteroatoms. The minimum absolute atomic E-state index is 0.406. The molecule has 0 spiro atoms. The van der Waals surface area contributed by atoms with Gasteiger partial charge in [0.15, 0.2) is 0 Å². The second kappa shape index (κ2) is 6.36. The van der Waals surface area contributed by atoms with Gasteiger partial charge >= 0.3 is 0 Å². The van der Waals surface area contributed by atoms with Crippen molar-refractivity contribution in [3.8, 4) is 0 Å². The fourth-order valence-corrected chi connectivity index (χ4v) is 3.45. The largest absolute Gasteiger partial charge is 0.313 e. The number of benzene rings is 1. The lowest BCUT2D eigenvalue weighted by atomic mass is 9.95. The van der Waals surface area contributed by atoms with Gasteiger partial charge in [-0.25, -0.2) is 0 Å². The maximum absolute atomic E-state index is 3.47. The molecule has 0 aliphatic carbocycles. The van der Waals surface area contributed by atoms with Crippen LogP contribution in [0.2, 0.25) is 0 Å². The number of likely N-dealkylation sites (N-methyl/N-ethyl adjacent to an activating group) is 1. The predicted octanol–water partition coefficient (Wildman–Crippen LogP) is 4.43. The molecule has 0 radical (unpaired) electrons. The Morgan fingerprint density at radius 1 is 1.11 bits per heavy atom. The highest BCUT2D eigenvalue weighted by Gasteiger charge is 2.14. The van der Waals surface area contributed by atoms with E-state index in [-0.39, 0.29) is 0 Å². The third-order valence-electron chi connectivity index (χ3n) is 3.84. The van der Waals surface area contributed by atoms with Crippen LogP contribution in [-0.2, 0) is 12.8 Å². The molecule has 1 aromatic heterocycles. The first-order valence-electron chi connectivity index (χ1n) is 6.96. The molecule has 1 nitrogen and oxygen atoms in total. The number of aryl methyl sites for hydroxylation is 2. The third-order valence-corrected chi connectivity index (χ3v) is 5.09.